The summed E-state index contributed by atoms with van der Waals surface area (Å²) in [6, 6.07) is 28.0. The first-order valence-corrected chi connectivity index (χ1v) is 14.0. The minimum atomic E-state index is -1.05. The second-order valence-corrected chi connectivity index (χ2v) is 10.3. The molecule has 1 aliphatic heterocycles. The summed E-state index contributed by atoms with van der Waals surface area (Å²) in [6.45, 7) is 1.87. The van der Waals surface area contributed by atoms with Gasteiger partial charge in [-0.05, 0) is 43.7 Å². The molecule has 1 aliphatic rings. The van der Waals surface area contributed by atoms with Crippen LogP contribution in [0.25, 0.3) is 11.0 Å². The first kappa shape index (κ1) is 28.0. The van der Waals surface area contributed by atoms with Crippen LogP contribution in [-0.4, -0.2) is 50.6 Å². The van der Waals surface area contributed by atoms with Gasteiger partial charge in [0, 0.05) is 23.6 Å². The summed E-state index contributed by atoms with van der Waals surface area (Å²) >= 11 is 0. The summed E-state index contributed by atoms with van der Waals surface area (Å²) in [5, 5.41) is 0.805. The zero-order valence-electron chi connectivity index (χ0n) is 23.4. The van der Waals surface area contributed by atoms with Crippen molar-refractivity contribution in [2.45, 2.75) is 44.3 Å². The molecule has 3 aromatic carbocycles. The number of nitrogens with zero attached hydrogens (tertiary/aromatic N) is 3. The van der Waals surface area contributed by atoms with E-state index in [1.807, 2.05) is 19.1 Å². The highest BCUT2D eigenvalue weighted by Crippen LogP contribution is 2.38. The van der Waals surface area contributed by atoms with Gasteiger partial charge in [-0.2, -0.15) is 0 Å². The normalized spacial score (nSPS) is 19.7. The molecule has 43 heavy (non-hydrogen) atoms. The van der Waals surface area contributed by atoms with Gasteiger partial charge in [-0.1, -0.05) is 66.7 Å². The number of aromatic nitrogens is 3. The maximum Gasteiger partial charge on any atom is 0.338 e. The number of carbonyl (C=O) groups excluding carboxylic acids is 3. The van der Waals surface area contributed by atoms with Crippen molar-refractivity contribution in [3.8, 4) is 0 Å². The smallest absolute Gasteiger partial charge is 0.338 e. The lowest BCUT2D eigenvalue weighted by atomic mass is 10.0. The van der Waals surface area contributed by atoms with E-state index in [2.05, 4.69) is 9.97 Å². The van der Waals surface area contributed by atoms with Gasteiger partial charge in [0.25, 0.3) is 0 Å². The van der Waals surface area contributed by atoms with Gasteiger partial charge < -0.3 is 18.8 Å². The minimum Gasteiger partial charge on any atom is -0.452 e. The molecular formula is C34H29N3O6. The lowest BCUT2D eigenvalue weighted by molar-refractivity contribution is -0.0490. The first-order chi connectivity index (χ1) is 21.0. The highest BCUT2D eigenvalue weighted by atomic mass is 16.6. The van der Waals surface area contributed by atoms with Crippen LogP contribution in [0.15, 0.2) is 110 Å². The van der Waals surface area contributed by atoms with Crippen LogP contribution in [0.5, 0.6) is 0 Å². The fraction of sp³-hybridized carbons (Fsp3) is 0.206. The highest BCUT2D eigenvalue weighted by molar-refractivity contribution is 5.96. The Morgan fingerprint density at radius 1 is 0.744 bits per heavy atom. The van der Waals surface area contributed by atoms with Gasteiger partial charge >= 0.3 is 11.9 Å². The Morgan fingerprint density at radius 2 is 1.30 bits per heavy atom. The van der Waals surface area contributed by atoms with Crippen molar-refractivity contribution in [2.24, 2.45) is 0 Å². The average molecular weight is 576 g/mol. The van der Waals surface area contributed by atoms with E-state index in [0.717, 1.165) is 11.1 Å². The number of fused-ring (bicyclic) bond motifs is 1. The average Bonchev–Trinajstić information content (AvgIpc) is 3.63. The quantitative estimate of drug-likeness (QED) is 0.161. The van der Waals surface area contributed by atoms with E-state index < -0.39 is 36.5 Å². The van der Waals surface area contributed by atoms with Crippen molar-refractivity contribution < 1.29 is 28.6 Å². The Morgan fingerprint density at radius 3 is 1.91 bits per heavy atom. The van der Waals surface area contributed by atoms with Gasteiger partial charge in [0.05, 0.1) is 16.8 Å². The lowest BCUT2D eigenvalue weighted by Crippen LogP contribution is -2.39. The minimum absolute atomic E-state index is 0.0756. The SMILES string of the molecule is Cc1ncnc2c1ccn2[C@@H]1O[C@H](CCC(=O)c2ccccc2)[C@@H](OC(=O)c2ccccc2)[C@H]1OC(=O)c1ccccc1. The fourth-order valence-corrected chi connectivity index (χ4v) is 5.31. The number of rotatable bonds is 9. The second kappa shape index (κ2) is 12.4. The molecule has 6 rings (SSSR count). The van der Waals surface area contributed by atoms with Crippen molar-refractivity contribution in [3.63, 3.8) is 0 Å². The number of aryl methyl sites for hydroxylation is 1. The lowest BCUT2D eigenvalue weighted by Gasteiger charge is -2.25. The number of benzene rings is 3. The Kier molecular flexibility index (Phi) is 8.06. The van der Waals surface area contributed by atoms with Gasteiger partial charge in [-0.15, -0.1) is 0 Å². The van der Waals surface area contributed by atoms with Crippen LogP contribution >= 0.6 is 0 Å². The van der Waals surface area contributed by atoms with Gasteiger partial charge in [-0.25, -0.2) is 19.6 Å². The Balaban J connectivity index is 1.37. The molecule has 0 amide bonds. The van der Waals surface area contributed by atoms with Crippen LogP contribution in [0.1, 0.15) is 55.8 Å². The van der Waals surface area contributed by atoms with Crippen LogP contribution in [0.2, 0.25) is 0 Å². The topological polar surface area (TPSA) is 110 Å². The van der Waals surface area contributed by atoms with Crippen molar-refractivity contribution in [2.75, 3.05) is 0 Å². The van der Waals surface area contributed by atoms with Gasteiger partial charge in [0.15, 0.2) is 24.2 Å². The van der Waals surface area contributed by atoms with E-state index in [9.17, 15) is 14.4 Å². The number of ketones is 1. The predicted molar refractivity (Wildman–Crippen MR) is 157 cm³/mol. The number of hydrogen-bond acceptors (Lipinski definition) is 8. The van der Waals surface area contributed by atoms with Crippen LogP contribution < -0.4 is 0 Å². The maximum atomic E-state index is 13.4. The number of ether oxygens (including phenoxy) is 3. The molecule has 0 saturated carbocycles. The molecule has 9 nitrogen and oxygen atoms in total. The summed E-state index contributed by atoms with van der Waals surface area (Å²) in [5.41, 5.74) is 2.61. The molecule has 2 aromatic heterocycles. The molecule has 0 N–H and O–H groups in total. The molecule has 3 heterocycles. The van der Waals surface area contributed by atoms with E-state index in [1.165, 1.54) is 6.33 Å². The number of Topliss-reactive ketones (excluding diaryl/α,β-unsaturated/α-hetero) is 1. The van der Waals surface area contributed by atoms with Crippen molar-refractivity contribution in [1.82, 2.24) is 14.5 Å². The van der Waals surface area contributed by atoms with Crippen LogP contribution in [-0.2, 0) is 14.2 Å². The summed E-state index contributed by atoms with van der Waals surface area (Å²) in [6.07, 6.45) is -0.135. The Labute approximate surface area is 248 Å². The summed E-state index contributed by atoms with van der Waals surface area (Å²) in [5.74, 6) is -1.26. The van der Waals surface area contributed by atoms with Crippen LogP contribution in [0.3, 0.4) is 0 Å². The zero-order valence-corrected chi connectivity index (χ0v) is 23.4. The monoisotopic (exact) mass is 575 g/mol. The van der Waals surface area contributed by atoms with E-state index >= 15 is 0 Å². The molecule has 0 aliphatic carbocycles. The standard InChI is InChI=1S/C34H29N3O6/c1-22-26-19-20-37(31(26)36-21-35-22)32-30(43-34(40)25-15-9-4-10-16-25)29(42-33(39)24-13-7-3-8-14-24)28(41-32)18-17-27(38)23-11-5-2-6-12-23/h2-16,19-21,28-30,32H,17-18H2,1H3/t28-,29-,30-,32-/m1/s1. The molecule has 0 radical (unpaired) electrons. The van der Waals surface area contributed by atoms with Crippen LogP contribution in [0.4, 0.5) is 0 Å². The Bertz CT molecular complexity index is 1740. The molecule has 5 aromatic rings. The third kappa shape index (κ3) is 5.93. The van der Waals surface area contributed by atoms with E-state index in [4.69, 9.17) is 14.2 Å². The molecule has 0 spiro atoms. The molecular weight excluding hydrogens is 546 g/mol. The van der Waals surface area contributed by atoms with Crippen molar-refractivity contribution in [1.29, 1.82) is 0 Å². The van der Waals surface area contributed by atoms with Gasteiger partial charge in [0.2, 0.25) is 0 Å². The number of carbonyl (C=O) groups is 3. The van der Waals surface area contributed by atoms with Crippen molar-refractivity contribution in [3.05, 3.63) is 132 Å². The summed E-state index contributed by atoms with van der Waals surface area (Å²) in [7, 11) is 0. The highest BCUT2D eigenvalue weighted by Gasteiger charge is 2.51. The molecule has 216 valence electrons. The number of esters is 2. The van der Waals surface area contributed by atoms with E-state index in [1.54, 1.807) is 95.7 Å². The van der Waals surface area contributed by atoms with Crippen LogP contribution in [0, 0.1) is 6.92 Å². The molecule has 1 saturated heterocycles. The van der Waals surface area contributed by atoms with Crippen molar-refractivity contribution >= 4 is 28.8 Å². The molecule has 0 unspecified atom stereocenters. The second-order valence-electron chi connectivity index (χ2n) is 10.3. The molecule has 0 bridgehead atoms. The summed E-state index contributed by atoms with van der Waals surface area (Å²) < 4.78 is 20.5. The van der Waals surface area contributed by atoms with E-state index in [-0.39, 0.29) is 18.6 Å². The molecule has 9 heteroatoms. The Hall–Kier alpha value is -5.15. The van der Waals surface area contributed by atoms with Gasteiger partial charge in [-0.3, -0.25) is 4.79 Å². The largest absolute Gasteiger partial charge is 0.452 e. The summed E-state index contributed by atoms with van der Waals surface area (Å²) in [4.78, 5) is 48.5. The predicted octanol–water partition coefficient (Wildman–Crippen LogP) is 5.75. The third-order valence-corrected chi connectivity index (χ3v) is 7.53. The zero-order chi connectivity index (χ0) is 29.8. The number of hydrogen-bond donors (Lipinski definition) is 0. The molecule has 4 atom stereocenters. The van der Waals surface area contributed by atoms with E-state index in [0.29, 0.717) is 22.3 Å². The fourth-order valence-electron chi connectivity index (χ4n) is 5.31. The maximum absolute atomic E-state index is 13.4. The third-order valence-electron chi connectivity index (χ3n) is 7.53. The molecule has 1 fully saturated rings. The van der Waals surface area contributed by atoms with Gasteiger partial charge in [0.1, 0.15) is 18.1 Å². The first-order valence-electron chi connectivity index (χ1n) is 14.0.